The second kappa shape index (κ2) is 4.78. The third kappa shape index (κ3) is 4.44. The van der Waals surface area contributed by atoms with Gasteiger partial charge in [-0.1, -0.05) is 35.2 Å². The van der Waals surface area contributed by atoms with Gasteiger partial charge in [-0.2, -0.15) is 0 Å². The fourth-order valence-electron chi connectivity index (χ4n) is 0.256. The molecule has 0 radical (unpaired) electrons. The molecule has 3 heteroatoms. The van der Waals surface area contributed by atoms with Gasteiger partial charge in [0.2, 0.25) is 0 Å². The van der Waals surface area contributed by atoms with Crippen molar-refractivity contribution >= 4 is 28.6 Å². The van der Waals surface area contributed by atoms with E-state index in [0.717, 1.165) is 0 Å². The lowest BCUT2D eigenvalue weighted by atomic mass is 10.5. The van der Waals surface area contributed by atoms with Crippen LogP contribution in [0.15, 0.2) is 12.7 Å². The zero-order valence-electron chi connectivity index (χ0n) is 5.26. The molecule has 1 unspecified atom stereocenters. The Balaban J connectivity index is 3.38. The molecule has 0 aromatic rings. The van der Waals surface area contributed by atoms with E-state index >= 15 is 0 Å². The molecule has 0 bridgehead atoms. The summed E-state index contributed by atoms with van der Waals surface area (Å²) in [4.78, 5) is 10.6. The molecule has 0 N–H and O–H groups in total. The molecule has 0 aliphatic heterocycles. The molecule has 52 valence electrons. The van der Waals surface area contributed by atoms with Gasteiger partial charge in [0.15, 0.2) is 0 Å². The van der Waals surface area contributed by atoms with Gasteiger partial charge in [0, 0.05) is 0 Å². The predicted octanol–water partition coefficient (Wildman–Crippen LogP) is 1.54. The zero-order chi connectivity index (χ0) is 7.28. The minimum Gasteiger partial charge on any atom is -0.461 e. The Hall–Kier alpha value is -0.0600. The molecule has 0 aromatic heterocycles. The predicted molar refractivity (Wildman–Crippen MR) is 44.6 cm³/mol. The first kappa shape index (κ1) is 8.94. The number of alkyl halides is 1. The Bertz CT molecular complexity index is 110. The van der Waals surface area contributed by atoms with Gasteiger partial charge in [-0.15, -0.1) is 0 Å². The van der Waals surface area contributed by atoms with Gasteiger partial charge in [0.05, 0.1) is 0 Å². The van der Waals surface area contributed by atoms with Crippen molar-refractivity contribution in [3.63, 3.8) is 0 Å². The lowest BCUT2D eigenvalue weighted by molar-refractivity contribution is -0.140. The quantitative estimate of drug-likeness (QED) is 0.323. The standard InChI is InChI=1S/C6H9IO2/c1-3-4-9-6(8)5(2)7/h3,5H,1,4H2,2H3. The largest absolute Gasteiger partial charge is 0.461 e. The molecule has 1 atom stereocenters. The minimum absolute atomic E-state index is 0.0671. The molecule has 0 spiro atoms. The smallest absolute Gasteiger partial charge is 0.318 e. The average Bonchev–Trinajstić information content (AvgIpc) is 1.82. The van der Waals surface area contributed by atoms with Crippen LogP contribution in [0.5, 0.6) is 0 Å². The zero-order valence-corrected chi connectivity index (χ0v) is 7.42. The summed E-state index contributed by atoms with van der Waals surface area (Å²) in [5.41, 5.74) is 0. The number of ether oxygens (including phenoxy) is 1. The third-order valence-electron chi connectivity index (χ3n) is 0.668. The van der Waals surface area contributed by atoms with Crippen molar-refractivity contribution in [3.05, 3.63) is 12.7 Å². The molecule has 0 fully saturated rings. The van der Waals surface area contributed by atoms with Crippen molar-refractivity contribution in [1.29, 1.82) is 0 Å². The van der Waals surface area contributed by atoms with E-state index in [9.17, 15) is 4.79 Å². The average molecular weight is 240 g/mol. The normalized spacial score (nSPS) is 12.2. The van der Waals surface area contributed by atoms with Crippen LogP contribution in [0.4, 0.5) is 0 Å². The van der Waals surface area contributed by atoms with Gasteiger partial charge < -0.3 is 4.74 Å². The Labute approximate surface area is 68.4 Å². The van der Waals surface area contributed by atoms with Crippen molar-refractivity contribution < 1.29 is 9.53 Å². The van der Waals surface area contributed by atoms with E-state index in [1.807, 2.05) is 22.6 Å². The van der Waals surface area contributed by atoms with E-state index < -0.39 is 0 Å². The first-order valence-corrected chi connectivity index (χ1v) is 3.84. The van der Waals surface area contributed by atoms with Gasteiger partial charge in [-0.3, -0.25) is 4.79 Å². The van der Waals surface area contributed by atoms with E-state index in [1.54, 1.807) is 13.0 Å². The van der Waals surface area contributed by atoms with Crippen molar-refractivity contribution in [2.75, 3.05) is 6.61 Å². The maximum Gasteiger partial charge on any atom is 0.318 e. The van der Waals surface area contributed by atoms with Crippen LogP contribution in [0.3, 0.4) is 0 Å². The van der Waals surface area contributed by atoms with Crippen LogP contribution < -0.4 is 0 Å². The van der Waals surface area contributed by atoms with Gasteiger partial charge in [0.1, 0.15) is 10.5 Å². The number of hydrogen-bond donors (Lipinski definition) is 0. The molecule has 0 aromatic carbocycles. The molecule has 0 heterocycles. The highest BCUT2D eigenvalue weighted by Crippen LogP contribution is 2.00. The molecular formula is C6H9IO2. The highest BCUT2D eigenvalue weighted by Gasteiger charge is 2.07. The summed E-state index contributed by atoms with van der Waals surface area (Å²) in [6.45, 7) is 5.51. The molecule has 0 saturated heterocycles. The van der Waals surface area contributed by atoms with E-state index in [-0.39, 0.29) is 9.89 Å². The molecule has 9 heavy (non-hydrogen) atoms. The lowest BCUT2D eigenvalue weighted by Crippen LogP contribution is -2.13. The second-order valence-electron chi connectivity index (χ2n) is 1.53. The van der Waals surface area contributed by atoms with Crippen molar-refractivity contribution in [1.82, 2.24) is 0 Å². The number of halogens is 1. The first-order chi connectivity index (χ1) is 4.18. The van der Waals surface area contributed by atoms with Gasteiger partial charge in [-0.25, -0.2) is 0 Å². The molecule has 0 aliphatic rings. The summed E-state index contributed by atoms with van der Waals surface area (Å²) >= 11 is 2.00. The Morgan fingerprint density at radius 3 is 2.89 bits per heavy atom. The monoisotopic (exact) mass is 240 g/mol. The Kier molecular flexibility index (Phi) is 4.75. The molecule has 0 saturated carbocycles. The number of carbonyl (C=O) groups excluding carboxylic acids is 1. The van der Waals surface area contributed by atoms with Crippen LogP contribution in [-0.4, -0.2) is 16.5 Å². The second-order valence-corrected chi connectivity index (χ2v) is 3.40. The fraction of sp³-hybridized carbons (Fsp3) is 0.500. The van der Waals surface area contributed by atoms with E-state index in [2.05, 4.69) is 11.3 Å². The number of carbonyl (C=O) groups is 1. The van der Waals surface area contributed by atoms with E-state index in [4.69, 9.17) is 0 Å². The summed E-state index contributed by atoms with van der Waals surface area (Å²) in [6, 6.07) is 0. The number of esters is 1. The highest BCUT2D eigenvalue weighted by molar-refractivity contribution is 14.1. The van der Waals surface area contributed by atoms with E-state index in [1.165, 1.54) is 0 Å². The third-order valence-corrected chi connectivity index (χ3v) is 1.18. The number of rotatable bonds is 3. The lowest BCUT2D eigenvalue weighted by Gasteiger charge is -2.01. The van der Waals surface area contributed by atoms with Crippen molar-refractivity contribution in [3.8, 4) is 0 Å². The van der Waals surface area contributed by atoms with Crippen LogP contribution in [0.25, 0.3) is 0 Å². The minimum atomic E-state index is -0.185. The maximum absolute atomic E-state index is 10.6. The molecule has 0 aliphatic carbocycles. The van der Waals surface area contributed by atoms with Crippen LogP contribution in [0, 0.1) is 0 Å². The van der Waals surface area contributed by atoms with Crippen LogP contribution >= 0.6 is 22.6 Å². The van der Waals surface area contributed by atoms with Crippen LogP contribution in [0.1, 0.15) is 6.92 Å². The topological polar surface area (TPSA) is 26.3 Å². The maximum atomic E-state index is 10.6. The Morgan fingerprint density at radius 2 is 2.56 bits per heavy atom. The van der Waals surface area contributed by atoms with Crippen LogP contribution in [0.2, 0.25) is 0 Å². The van der Waals surface area contributed by atoms with Gasteiger partial charge in [0.25, 0.3) is 0 Å². The summed E-state index contributed by atoms with van der Waals surface area (Å²) in [7, 11) is 0. The fourth-order valence-corrected chi connectivity index (χ4v) is 0.436. The highest BCUT2D eigenvalue weighted by atomic mass is 127. The summed E-state index contributed by atoms with van der Waals surface area (Å²) in [5.74, 6) is -0.185. The summed E-state index contributed by atoms with van der Waals surface area (Å²) in [5, 5.41) is 0. The first-order valence-electron chi connectivity index (χ1n) is 2.60. The molecular weight excluding hydrogens is 231 g/mol. The summed E-state index contributed by atoms with van der Waals surface area (Å²) in [6.07, 6.45) is 1.55. The van der Waals surface area contributed by atoms with Crippen molar-refractivity contribution in [2.45, 2.75) is 10.8 Å². The van der Waals surface area contributed by atoms with Crippen molar-refractivity contribution in [2.24, 2.45) is 0 Å². The van der Waals surface area contributed by atoms with Crippen LogP contribution in [-0.2, 0) is 9.53 Å². The molecule has 0 amide bonds. The van der Waals surface area contributed by atoms with Gasteiger partial charge in [-0.05, 0) is 6.92 Å². The SMILES string of the molecule is C=CCOC(=O)C(C)I. The molecule has 0 rings (SSSR count). The molecule has 2 nitrogen and oxygen atoms in total. The van der Waals surface area contributed by atoms with Gasteiger partial charge >= 0.3 is 5.97 Å². The van der Waals surface area contributed by atoms with E-state index in [0.29, 0.717) is 6.61 Å². The Morgan fingerprint density at radius 1 is 2.00 bits per heavy atom. The number of hydrogen-bond acceptors (Lipinski definition) is 2. The summed E-state index contributed by atoms with van der Waals surface area (Å²) < 4.78 is 4.62.